The molecule has 0 atom stereocenters. The van der Waals surface area contributed by atoms with E-state index in [1.165, 1.54) is 6.07 Å². The summed E-state index contributed by atoms with van der Waals surface area (Å²) >= 11 is 0. The van der Waals surface area contributed by atoms with Crippen molar-refractivity contribution < 1.29 is 19.0 Å². The van der Waals surface area contributed by atoms with Gasteiger partial charge in [0.1, 0.15) is 11.6 Å². The lowest BCUT2D eigenvalue weighted by Gasteiger charge is -2.31. The Hall–Kier alpha value is -2.56. The van der Waals surface area contributed by atoms with Crippen molar-refractivity contribution >= 4 is 6.09 Å². The van der Waals surface area contributed by atoms with E-state index in [1.807, 2.05) is 12.1 Å². The Kier molecular flexibility index (Phi) is 5.76. The summed E-state index contributed by atoms with van der Waals surface area (Å²) in [5, 5.41) is 10.7. The fourth-order valence-electron chi connectivity index (χ4n) is 3.50. The number of carbonyl (C=O) groups excluding carboxylic acids is 1. The predicted molar refractivity (Wildman–Crippen MR) is 98.5 cm³/mol. The molecule has 1 amide bonds. The minimum atomic E-state index is -0.345. The van der Waals surface area contributed by atoms with Crippen molar-refractivity contribution in [3.05, 3.63) is 53.8 Å². The molecule has 1 heterocycles. The summed E-state index contributed by atoms with van der Waals surface area (Å²) in [4.78, 5) is 13.5. The molecule has 138 valence electrons. The Morgan fingerprint density at radius 3 is 2.54 bits per heavy atom. The van der Waals surface area contributed by atoms with E-state index < -0.39 is 0 Å². The number of phenolic OH excluding ortho intramolecular Hbond substituents is 1. The fourth-order valence-corrected chi connectivity index (χ4v) is 3.50. The minimum absolute atomic E-state index is 0.144. The number of halogens is 1. The maximum absolute atomic E-state index is 14.1. The lowest BCUT2D eigenvalue weighted by atomic mass is 9.88. The SMILES string of the molecule is CCOC(=O)N1CCC(Cc2cccc(-c3ccccc3F)c2O)CC1. The molecule has 26 heavy (non-hydrogen) atoms. The van der Waals surface area contributed by atoms with Gasteiger partial charge in [-0.2, -0.15) is 0 Å². The van der Waals surface area contributed by atoms with Gasteiger partial charge < -0.3 is 14.7 Å². The van der Waals surface area contributed by atoms with Gasteiger partial charge >= 0.3 is 6.09 Å². The number of likely N-dealkylation sites (tertiary alicyclic amines) is 1. The molecule has 1 N–H and O–H groups in total. The van der Waals surface area contributed by atoms with Crippen LogP contribution in [0.15, 0.2) is 42.5 Å². The normalized spacial score (nSPS) is 15.1. The molecule has 1 aliphatic heterocycles. The van der Waals surface area contributed by atoms with Crippen LogP contribution in [0.3, 0.4) is 0 Å². The molecule has 1 aliphatic rings. The predicted octanol–water partition coefficient (Wildman–Crippen LogP) is 4.61. The number of nitrogens with zero attached hydrogens (tertiary/aromatic N) is 1. The van der Waals surface area contributed by atoms with Crippen molar-refractivity contribution in [3.8, 4) is 16.9 Å². The first kappa shape index (κ1) is 18.2. The summed E-state index contributed by atoms with van der Waals surface area (Å²) < 4.78 is 19.1. The van der Waals surface area contributed by atoms with Gasteiger partial charge in [-0.1, -0.05) is 36.4 Å². The molecule has 4 nitrogen and oxygen atoms in total. The largest absolute Gasteiger partial charge is 0.507 e. The van der Waals surface area contributed by atoms with Gasteiger partial charge in [0.2, 0.25) is 0 Å². The zero-order valence-corrected chi connectivity index (χ0v) is 15.0. The van der Waals surface area contributed by atoms with E-state index >= 15 is 0 Å². The van der Waals surface area contributed by atoms with Crippen LogP contribution in [-0.2, 0) is 11.2 Å². The molecule has 0 unspecified atom stereocenters. The number of piperidine rings is 1. The van der Waals surface area contributed by atoms with Crippen molar-refractivity contribution in [1.29, 1.82) is 0 Å². The first-order valence-corrected chi connectivity index (χ1v) is 9.07. The van der Waals surface area contributed by atoms with Crippen molar-refractivity contribution in [1.82, 2.24) is 4.90 Å². The highest BCUT2D eigenvalue weighted by molar-refractivity contribution is 5.72. The van der Waals surface area contributed by atoms with Gasteiger partial charge in [-0.05, 0) is 43.7 Å². The smallest absolute Gasteiger partial charge is 0.409 e. The summed E-state index contributed by atoms with van der Waals surface area (Å²) in [6.45, 7) is 3.51. The lowest BCUT2D eigenvalue weighted by molar-refractivity contribution is 0.0917. The molecule has 2 aromatic rings. The molecule has 1 fully saturated rings. The number of phenols is 1. The van der Waals surface area contributed by atoms with Crippen molar-refractivity contribution in [2.45, 2.75) is 26.2 Å². The van der Waals surface area contributed by atoms with Gasteiger partial charge in [-0.15, -0.1) is 0 Å². The number of benzene rings is 2. The van der Waals surface area contributed by atoms with E-state index in [9.17, 15) is 14.3 Å². The van der Waals surface area contributed by atoms with Crippen molar-refractivity contribution in [2.75, 3.05) is 19.7 Å². The number of rotatable bonds is 4. The molecule has 0 aliphatic carbocycles. The molecular formula is C21H24FNO3. The standard InChI is InChI=1S/C21H24FNO3/c1-2-26-21(25)23-12-10-15(11-13-23)14-16-6-5-8-18(20(16)24)17-7-3-4-9-19(17)22/h3-9,15,24H,2,10-14H2,1H3. The fraction of sp³-hybridized carbons (Fsp3) is 0.381. The maximum atomic E-state index is 14.1. The van der Waals surface area contributed by atoms with E-state index in [2.05, 4.69) is 0 Å². The molecule has 3 rings (SSSR count). The highest BCUT2D eigenvalue weighted by Crippen LogP contribution is 2.35. The lowest BCUT2D eigenvalue weighted by Crippen LogP contribution is -2.39. The highest BCUT2D eigenvalue weighted by Gasteiger charge is 2.24. The van der Waals surface area contributed by atoms with Crippen molar-refractivity contribution in [2.24, 2.45) is 5.92 Å². The van der Waals surface area contributed by atoms with Gasteiger partial charge in [0, 0.05) is 24.2 Å². The molecule has 0 bridgehead atoms. The number of amides is 1. The quantitative estimate of drug-likeness (QED) is 0.869. The number of hydrogen-bond donors (Lipinski definition) is 1. The van der Waals surface area contributed by atoms with Crippen molar-refractivity contribution in [3.63, 3.8) is 0 Å². The van der Waals surface area contributed by atoms with Crippen LogP contribution in [0.2, 0.25) is 0 Å². The zero-order chi connectivity index (χ0) is 18.5. The highest BCUT2D eigenvalue weighted by atomic mass is 19.1. The Balaban J connectivity index is 1.69. The van der Waals surface area contributed by atoms with E-state index in [0.717, 1.165) is 18.4 Å². The van der Waals surface area contributed by atoms with Crippen LogP contribution >= 0.6 is 0 Å². The summed E-state index contributed by atoms with van der Waals surface area (Å²) in [7, 11) is 0. The first-order valence-electron chi connectivity index (χ1n) is 9.07. The topological polar surface area (TPSA) is 49.8 Å². The average Bonchev–Trinajstić information content (AvgIpc) is 2.65. The average molecular weight is 357 g/mol. The molecule has 0 radical (unpaired) electrons. The van der Waals surface area contributed by atoms with Gasteiger partial charge in [0.25, 0.3) is 0 Å². The molecule has 0 aromatic heterocycles. The van der Waals surface area contributed by atoms with E-state index in [-0.39, 0.29) is 17.7 Å². The molecule has 0 spiro atoms. The second kappa shape index (κ2) is 8.21. The number of ether oxygens (including phenoxy) is 1. The first-order chi connectivity index (χ1) is 12.6. The Morgan fingerprint density at radius 2 is 1.85 bits per heavy atom. The van der Waals surface area contributed by atoms with E-state index in [1.54, 1.807) is 36.1 Å². The van der Waals surface area contributed by atoms with Crippen LogP contribution in [0.1, 0.15) is 25.3 Å². The third kappa shape index (κ3) is 3.98. The molecule has 2 aromatic carbocycles. The molecular weight excluding hydrogens is 333 g/mol. The summed E-state index contributed by atoms with van der Waals surface area (Å²) in [5.74, 6) is 0.176. The zero-order valence-electron chi connectivity index (χ0n) is 15.0. The van der Waals surface area contributed by atoms with Crippen LogP contribution in [0.5, 0.6) is 5.75 Å². The number of para-hydroxylation sites is 1. The summed E-state index contributed by atoms with van der Waals surface area (Å²) in [6.07, 6.45) is 2.19. The van der Waals surface area contributed by atoms with Crippen LogP contribution < -0.4 is 0 Å². The maximum Gasteiger partial charge on any atom is 0.409 e. The Labute approximate surface area is 153 Å². The van der Waals surface area contributed by atoms with E-state index in [0.29, 0.717) is 43.2 Å². The monoisotopic (exact) mass is 357 g/mol. The Morgan fingerprint density at radius 1 is 1.15 bits per heavy atom. The van der Waals surface area contributed by atoms with Gasteiger partial charge in [0.05, 0.1) is 6.61 Å². The Bertz CT molecular complexity index is 770. The third-order valence-corrected chi connectivity index (χ3v) is 4.93. The third-order valence-electron chi connectivity index (χ3n) is 4.93. The second-order valence-electron chi connectivity index (χ2n) is 6.63. The number of aromatic hydroxyl groups is 1. The van der Waals surface area contributed by atoms with Crippen LogP contribution in [0.4, 0.5) is 9.18 Å². The van der Waals surface area contributed by atoms with Gasteiger partial charge in [-0.3, -0.25) is 0 Å². The van der Waals surface area contributed by atoms with Crippen LogP contribution in [0, 0.1) is 11.7 Å². The summed E-state index contributed by atoms with van der Waals surface area (Å²) in [6, 6.07) is 11.9. The van der Waals surface area contributed by atoms with E-state index in [4.69, 9.17) is 4.74 Å². The number of hydrogen-bond acceptors (Lipinski definition) is 3. The van der Waals surface area contributed by atoms with Gasteiger partial charge in [-0.25, -0.2) is 9.18 Å². The van der Waals surface area contributed by atoms with Crippen LogP contribution in [0.25, 0.3) is 11.1 Å². The number of carbonyl (C=O) groups is 1. The molecule has 5 heteroatoms. The summed E-state index contributed by atoms with van der Waals surface area (Å²) in [5.41, 5.74) is 1.74. The molecule has 0 saturated carbocycles. The van der Waals surface area contributed by atoms with Crippen LogP contribution in [-0.4, -0.2) is 35.8 Å². The minimum Gasteiger partial charge on any atom is -0.507 e. The molecule has 1 saturated heterocycles. The van der Waals surface area contributed by atoms with Gasteiger partial charge in [0.15, 0.2) is 0 Å². The second-order valence-corrected chi connectivity index (χ2v) is 6.63.